The summed E-state index contributed by atoms with van der Waals surface area (Å²) in [7, 11) is 0. The predicted molar refractivity (Wildman–Crippen MR) is 72.2 cm³/mol. The highest BCUT2D eigenvalue weighted by atomic mass is 16.6. The molecule has 4 nitrogen and oxygen atoms in total. The first-order valence-corrected chi connectivity index (χ1v) is 6.44. The van der Waals surface area contributed by atoms with Crippen LogP contribution in [0.25, 0.3) is 0 Å². The Bertz CT molecular complexity index is 529. The number of esters is 1. The van der Waals surface area contributed by atoms with Gasteiger partial charge in [0.15, 0.2) is 5.78 Å². The second-order valence-corrected chi connectivity index (χ2v) is 5.88. The Labute approximate surface area is 112 Å². The number of carbonyl (C=O) groups is 2. The smallest absolute Gasteiger partial charge is 0.338 e. The van der Waals surface area contributed by atoms with E-state index in [0.717, 1.165) is 12.0 Å². The minimum atomic E-state index is -0.548. The monoisotopic (exact) mass is 261 g/mol. The Morgan fingerprint density at radius 1 is 1.37 bits per heavy atom. The molecule has 102 valence electrons. The van der Waals surface area contributed by atoms with Gasteiger partial charge in [-0.15, -0.1) is 0 Å². The summed E-state index contributed by atoms with van der Waals surface area (Å²) in [5.74, 6) is -0.506. The van der Waals surface area contributed by atoms with Gasteiger partial charge < -0.3 is 10.5 Å². The maximum absolute atomic E-state index is 12.0. The fourth-order valence-corrected chi connectivity index (χ4v) is 2.13. The summed E-state index contributed by atoms with van der Waals surface area (Å²) in [4.78, 5) is 24.0. The molecule has 0 amide bonds. The van der Waals surface area contributed by atoms with Crippen molar-refractivity contribution in [2.45, 2.75) is 45.3 Å². The molecule has 1 aromatic rings. The molecule has 2 rings (SSSR count). The lowest BCUT2D eigenvalue weighted by atomic mass is 9.86. The van der Waals surface area contributed by atoms with E-state index in [4.69, 9.17) is 10.5 Å². The van der Waals surface area contributed by atoms with E-state index in [1.807, 2.05) is 26.8 Å². The van der Waals surface area contributed by atoms with Gasteiger partial charge in [0.05, 0.1) is 11.6 Å². The number of aryl methyl sites for hydroxylation is 1. The Balaban J connectivity index is 2.31. The molecule has 0 saturated carbocycles. The van der Waals surface area contributed by atoms with Crippen molar-refractivity contribution in [1.82, 2.24) is 0 Å². The van der Waals surface area contributed by atoms with Crippen LogP contribution in [0.4, 0.5) is 0 Å². The predicted octanol–water partition coefficient (Wildman–Crippen LogP) is 2.10. The van der Waals surface area contributed by atoms with E-state index in [1.54, 1.807) is 12.1 Å². The molecular weight excluding hydrogens is 242 g/mol. The van der Waals surface area contributed by atoms with Gasteiger partial charge in [-0.05, 0) is 51.3 Å². The van der Waals surface area contributed by atoms with Gasteiger partial charge >= 0.3 is 5.97 Å². The van der Waals surface area contributed by atoms with E-state index in [-0.39, 0.29) is 5.78 Å². The SMILES string of the molecule is CC(C)(C)OC(=O)c1ccc2c(c1)C(=O)C(N)CC2. The molecule has 2 N–H and O–H groups in total. The molecule has 0 radical (unpaired) electrons. The minimum Gasteiger partial charge on any atom is -0.456 e. The zero-order valence-electron chi connectivity index (χ0n) is 11.5. The van der Waals surface area contributed by atoms with Gasteiger partial charge in [-0.25, -0.2) is 4.79 Å². The van der Waals surface area contributed by atoms with Crippen LogP contribution in [0.2, 0.25) is 0 Å². The fraction of sp³-hybridized carbons (Fsp3) is 0.467. The van der Waals surface area contributed by atoms with Crippen LogP contribution in [0.1, 0.15) is 53.5 Å². The largest absolute Gasteiger partial charge is 0.456 e. The molecule has 4 heteroatoms. The molecule has 0 aromatic heterocycles. The summed E-state index contributed by atoms with van der Waals surface area (Å²) >= 11 is 0. The Kier molecular flexibility index (Phi) is 3.45. The molecule has 0 saturated heterocycles. The van der Waals surface area contributed by atoms with Crippen molar-refractivity contribution < 1.29 is 14.3 Å². The molecular formula is C15H19NO3. The van der Waals surface area contributed by atoms with Crippen LogP contribution < -0.4 is 5.73 Å². The zero-order chi connectivity index (χ0) is 14.2. The first kappa shape index (κ1) is 13.7. The van der Waals surface area contributed by atoms with Crippen molar-refractivity contribution in [2.75, 3.05) is 0 Å². The van der Waals surface area contributed by atoms with E-state index in [9.17, 15) is 9.59 Å². The second-order valence-electron chi connectivity index (χ2n) is 5.88. The average molecular weight is 261 g/mol. The van der Waals surface area contributed by atoms with E-state index in [0.29, 0.717) is 17.5 Å². The molecule has 0 heterocycles. The standard InChI is InChI=1S/C15H19NO3/c1-15(2,3)19-14(18)10-5-4-9-6-7-12(16)13(17)11(9)8-10/h4-5,8,12H,6-7,16H2,1-3H3. The summed E-state index contributed by atoms with van der Waals surface area (Å²) in [5.41, 5.74) is 7.12. The van der Waals surface area contributed by atoms with Gasteiger partial charge in [-0.1, -0.05) is 6.07 Å². The maximum Gasteiger partial charge on any atom is 0.338 e. The van der Waals surface area contributed by atoms with Crippen molar-refractivity contribution in [3.8, 4) is 0 Å². The van der Waals surface area contributed by atoms with Gasteiger partial charge in [-0.3, -0.25) is 4.79 Å². The highest BCUT2D eigenvalue weighted by Crippen LogP contribution is 2.23. The molecule has 1 atom stereocenters. The van der Waals surface area contributed by atoms with Crippen LogP contribution >= 0.6 is 0 Å². The number of ether oxygens (including phenoxy) is 1. The number of benzene rings is 1. The lowest BCUT2D eigenvalue weighted by molar-refractivity contribution is 0.00695. The van der Waals surface area contributed by atoms with Crippen LogP contribution in [0.3, 0.4) is 0 Å². The quantitative estimate of drug-likeness (QED) is 0.786. The number of nitrogens with two attached hydrogens (primary N) is 1. The molecule has 0 bridgehead atoms. The number of hydrogen-bond donors (Lipinski definition) is 1. The third kappa shape index (κ3) is 3.01. The van der Waals surface area contributed by atoms with E-state index in [2.05, 4.69) is 0 Å². The van der Waals surface area contributed by atoms with Crippen molar-refractivity contribution in [2.24, 2.45) is 5.73 Å². The summed E-state index contributed by atoms with van der Waals surface area (Å²) < 4.78 is 5.30. The van der Waals surface area contributed by atoms with Crippen LogP contribution in [-0.4, -0.2) is 23.4 Å². The highest BCUT2D eigenvalue weighted by Gasteiger charge is 2.26. The molecule has 1 unspecified atom stereocenters. The maximum atomic E-state index is 12.0. The summed E-state index contributed by atoms with van der Waals surface area (Å²) in [6.45, 7) is 5.43. The van der Waals surface area contributed by atoms with Gasteiger partial charge in [-0.2, -0.15) is 0 Å². The van der Waals surface area contributed by atoms with Gasteiger partial charge in [0, 0.05) is 5.56 Å². The number of carbonyl (C=O) groups excluding carboxylic acids is 2. The topological polar surface area (TPSA) is 69.4 Å². The van der Waals surface area contributed by atoms with Crippen molar-refractivity contribution in [3.05, 3.63) is 34.9 Å². The Morgan fingerprint density at radius 3 is 2.68 bits per heavy atom. The molecule has 1 aliphatic rings. The van der Waals surface area contributed by atoms with Crippen LogP contribution in [-0.2, 0) is 11.2 Å². The van der Waals surface area contributed by atoms with Crippen molar-refractivity contribution >= 4 is 11.8 Å². The third-order valence-corrected chi connectivity index (χ3v) is 3.07. The molecule has 1 aliphatic carbocycles. The van der Waals surface area contributed by atoms with Crippen molar-refractivity contribution in [3.63, 3.8) is 0 Å². The number of rotatable bonds is 1. The summed E-state index contributed by atoms with van der Waals surface area (Å²) in [6.07, 6.45) is 1.44. The molecule has 0 spiro atoms. The number of ketones is 1. The normalized spacial score (nSPS) is 18.9. The first-order valence-electron chi connectivity index (χ1n) is 6.44. The molecule has 19 heavy (non-hydrogen) atoms. The van der Waals surface area contributed by atoms with Gasteiger partial charge in [0.1, 0.15) is 5.60 Å². The highest BCUT2D eigenvalue weighted by molar-refractivity contribution is 6.04. The van der Waals surface area contributed by atoms with E-state index >= 15 is 0 Å². The lowest BCUT2D eigenvalue weighted by Crippen LogP contribution is -2.35. The third-order valence-electron chi connectivity index (χ3n) is 3.07. The summed E-state index contributed by atoms with van der Waals surface area (Å²) in [6, 6.07) is 4.67. The number of fused-ring (bicyclic) bond motifs is 1. The average Bonchev–Trinajstić information content (AvgIpc) is 2.31. The zero-order valence-corrected chi connectivity index (χ0v) is 11.5. The minimum absolute atomic E-state index is 0.0911. The van der Waals surface area contributed by atoms with Crippen LogP contribution in [0.5, 0.6) is 0 Å². The van der Waals surface area contributed by atoms with E-state index in [1.165, 1.54) is 0 Å². The van der Waals surface area contributed by atoms with Gasteiger partial charge in [0.25, 0.3) is 0 Å². The fourth-order valence-electron chi connectivity index (χ4n) is 2.13. The lowest BCUT2D eigenvalue weighted by Gasteiger charge is -2.22. The summed E-state index contributed by atoms with van der Waals surface area (Å²) in [5, 5.41) is 0. The van der Waals surface area contributed by atoms with Crippen LogP contribution in [0, 0.1) is 0 Å². The Hall–Kier alpha value is -1.68. The van der Waals surface area contributed by atoms with E-state index < -0.39 is 17.6 Å². The molecule has 0 aliphatic heterocycles. The number of hydrogen-bond acceptors (Lipinski definition) is 4. The Morgan fingerprint density at radius 2 is 2.05 bits per heavy atom. The van der Waals surface area contributed by atoms with Crippen LogP contribution in [0.15, 0.2) is 18.2 Å². The number of Topliss-reactive ketones (excluding diaryl/α,β-unsaturated/α-hetero) is 1. The molecule has 0 fully saturated rings. The molecule has 1 aromatic carbocycles. The first-order chi connectivity index (χ1) is 8.78. The van der Waals surface area contributed by atoms with Crippen molar-refractivity contribution in [1.29, 1.82) is 0 Å². The second kappa shape index (κ2) is 4.78. The van der Waals surface area contributed by atoms with Gasteiger partial charge in [0.2, 0.25) is 0 Å².